The fourth-order valence-electron chi connectivity index (χ4n) is 1.59. The third-order valence-electron chi connectivity index (χ3n) is 2.48. The van der Waals surface area contributed by atoms with Crippen LogP contribution in [0.3, 0.4) is 0 Å². The molecule has 1 aromatic carbocycles. The lowest BCUT2D eigenvalue weighted by atomic mass is 10.1. The number of rotatable bonds is 8. The minimum absolute atomic E-state index is 0.113. The average molecular weight is 253 g/mol. The van der Waals surface area contributed by atoms with Crippen LogP contribution in [0.4, 0.5) is 0 Å². The molecule has 0 bridgehead atoms. The van der Waals surface area contributed by atoms with Gasteiger partial charge in [0.25, 0.3) is 0 Å². The molecular weight excluding hydrogens is 234 g/mol. The lowest BCUT2D eigenvalue weighted by Crippen LogP contribution is -2.05. The summed E-state index contributed by atoms with van der Waals surface area (Å²) in [4.78, 5) is 10.3. The van der Waals surface area contributed by atoms with Crippen molar-refractivity contribution in [2.45, 2.75) is 19.3 Å². The Morgan fingerprint density at radius 1 is 1.44 bits per heavy atom. The predicted molar refractivity (Wildman–Crippen MR) is 68.1 cm³/mol. The lowest BCUT2D eigenvalue weighted by Gasteiger charge is -2.11. The first-order valence-corrected chi connectivity index (χ1v) is 5.89. The third-order valence-corrected chi connectivity index (χ3v) is 2.48. The number of ether oxygens (including phenoxy) is 2. The summed E-state index contributed by atoms with van der Waals surface area (Å²) >= 11 is 0. The fourth-order valence-corrected chi connectivity index (χ4v) is 1.59. The molecule has 3 N–H and O–H groups in total. The minimum Gasteiger partial charge on any atom is -0.496 e. The number of aliphatic carboxylic acids is 1. The number of carbonyl (C=O) groups is 1. The van der Waals surface area contributed by atoms with Gasteiger partial charge in [0.05, 0.1) is 13.7 Å². The molecule has 0 spiro atoms. The van der Waals surface area contributed by atoms with Crippen LogP contribution < -0.4 is 15.2 Å². The molecule has 18 heavy (non-hydrogen) atoms. The zero-order chi connectivity index (χ0) is 13.4. The van der Waals surface area contributed by atoms with E-state index in [1.54, 1.807) is 13.2 Å². The number of carboxylic acids is 1. The molecule has 0 aliphatic rings. The number of methoxy groups -OCH3 is 1. The highest BCUT2D eigenvalue weighted by Gasteiger charge is 2.05. The Labute approximate surface area is 107 Å². The van der Waals surface area contributed by atoms with E-state index in [1.807, 2.05) is 12.1 Å². The van der Waals surface area contributed by atoms with Crippen molar-refractivity contribution in [1.82, 2.24) is 0 Å². The molecule has 0 amide bonds. The number of carboxylic acid groups (broad SMARTS) is 1. The summed E-state index contributed by atoms with van der Waals surface area (Å²) in [5.74, 6) is 0.615. The Kier molecular flexibility index (Phi) is 6.00. The Morgan fingerprint density at radius 3 is 2.83 bits per heavy atom. The lowest BCUT2D eigenvalue weighted by molar-refractivity contribution is -0.137. The van der Waals surface area contributed by atoms with E-state index in [4.69, 9.17) is 20.3 Å². The molecular formula is C13H19NO4. The van der Waals surface area contributed by atoms with Crippen LogP contribution in [-0.4, -0.2) is 31.3 Å². The zero-order valence-corrected chi connectivity index (χ0v) is 10.5. The van der Waals surface area contributed by atoms with Crippen LogP contribution in [0.15, 0.2) is 18.2 Å². The van der Waals surface area contributed by atoms with Crippen LogP contribution in [0.1, 0.15) is 18.4 Å². The smallest absolute Gasteiger partial charge is 0.303 e. The van der Waals surface area contributed by atoms with E-state index >= 15 is 0 Å². The van der Waals surface area contributed by atoms with Crippen molar-refractivity contribution in [2.24, 2.45) is 5.73 Å². The third kappa shape index (κ3) is 4.63. The summed E-state index contributed by atoms with van der Waals surface area (Å²) in [7, 11) is 1.60. The molecule has 0 saturated heterocycles. The maximum absolute atomic E-state index is 10.3. The van der Waals surface area contributed by atoms with Gasteiger partial charge in [0.15, 0.2) is 0 Å². The molecule has 0 heterocycles. The summed E-state index contributed by atoms with van der Waals surface area (Å²) in [5, 5.41) is 8.50. The highest BCUT2D eigenvalue weighted by molar-refractivity contribution is 5.66. The summed E-state index contributed by atoms with van der Waals surface area (Å²) in [6.07, 6.45) is 1.35. The van der Waals surface area contributed by atoms with E-state index < -0.39 is 5.97 Å². The van der Waals surface area contributed by atoms with Gasteiger partial charge >= 0.3 is 5.97 Å². The number of nitrogens with two attached hydrogens (primary N) is 1. The Hall–Kier alpha value is -1.75. The molecule has 0 radical (unpaired) electrons. The predicted octanol–water partition coefficient (Wildman–Crippen LogP) is 1.44. The topological polar surface area (TPSA) is 81.8 Å². The van der Waals surface area contributed by atoms with Gasteiger partial charge in [0, 0.05) is 12.5 Å². The van der Waals surface area contributed by atoms with Crippen LogP contribution >= 0.6 is 0 Å². The molecule has 0 aliphatic heterocycles. The second-order valence-electron chi connectivity index (χ2n) is 3.86. The molecule has 100 valence electrons. The monoisotopic (exact) mass is 253 g/mol. The van der Waals surface area contributed by atoms with Crippen molar-refractivity contribution >= 4 is 5.97 Å². The molecule has 0 saturated carbocycles. The maximum atomic E-state index is 10.3. The minimum atomic E-state index is -0.811. The van der Waals surface area contributed by atoms with E-state index in [-0.39, 0.29) is 6.42 Å². The van der Waals surface area contributed by atoms with Crippen molar-refractivity contribution in [3.05, 3.63) is 23.8 Å². The van der Waals surface area contributed by atoms with E-state index in [9.17, 15) is 4.79 Å². The first kappa shape index (κ1) is 14.3. The van der Waals surface area contributed by atoms with E-state index in [0.717, 1.165) is 17.7 Å². The Bertz CT molecular complexity index is 393. The van der Waals surface area contributed by atoms with Gasteiger partial charge in [-0.3, -0.25) is 4.79 Å². The zero-order valence-electron chi connectivity index (χ0n) is 10.5. The molecule has 5 heteroatoms. The molecule has 0 atom stereocenters. The second kappa shape index (κ2) is 7.55. The van der Waals surface area contributed by atoms with Crippen molar-refractivity contribution in [3.63, 3.8) is 0 Å². The van der Waals surface area contributed by atoms with Crippen LogP contribution in [0.5, 0.6) is 11.5 Å². The van der Waals surface area contributed by atoms with Crippen LogP contribution in [0.25, 0.3) is 0 Å². The molecule has 1 rings (SSSR count). The molecule has 1 aromatic rings. The molecule has 0 aromatic heterocycles. The van der Waals surface area contributed by atoms with Crippen LogP contribution in [0, 0.1) is 0 Å². The van der Waals surface area contributed by atoms with Gasteiger partial charge in [0.1, 0.15) is 11.5 Å². The van der Waals surface area contributed by atoms with Gasteiger partial charge in [-0.05, 0) is 31.0 Å². The van der Waals surface area contributed by atoms with Gasteiger partial charge in [0.2, 0.25) is 0 Å². The van der Waals surface area contributed by atoms with Gasteiger partial charge in [-0.1, -0.05) is 6.07 Å². The van der Waals surface area contributed by atoms with Crippen molar-refractivity contribution in [2.75, 3.05) is 20.3 Å². The van der Waals surface area contributed by atoms with Gasteiger partial charge in [-0.15, -0.1) is 0 Å². The van der Waals surface area contributed by atoms with Crippen LogP contribution in [0.2, 0.25) is 0 Å². The van der Waals surface area contributed by atoms with Gasteiger partial charge in [-0.25, -0.2) is 0 Å². The van der Waals surface area contributed by atoms with Gasteiger partial charge in [-0.2, -0.15) is 0 Å². The van der Waals surface area contributed by atoms with Crippen molar-refractivity contribution < 1.29 is 19.4 Å². The number of hydrogen-bond donors (Lipinski definition) is 2. The van der Waals surface area contributed by atoms with Gasteiger partial charge < -0.3 is 20.3 Å². The molecule has 0 unspecified atom stereocenters. The first-order valence-electron chi connectivity index (χ1n) is 5.89. The normalized spacial score (nSPS) is 10.1. The van der Waals surface area contributed by atoms with Crippen molar-refractivity contribution in [1.29, 1.82) is 0 Å². The molecule has 0 fully saturated rings. The number of hydrogen-bond acceptors (Lipinski definition) is 4. The fraction of sp³-hybridized carbons (Fsp3) is 0.462. The summed E-state index contributed by atoms with van der Waals surface area (Å²) in [5.41, 5.74) is 6.55. The first-order chi connectivity index (χ1) is 8.67. The van der Waals surface area contributed by atoms with Crippen LogP contribution in [-0.2, 0) is 11.2 Å². The second-order valence-corrected chi connectivity index (χ2v) is 3.86. The highest BCUT2D eigenvalue weighted by atomic mass is 16.5. The number of benzene rings is 1. The molecule has 5 nitrogen and oxygen atoms in total. The molecule has 0 aliphatic carbocycles. The van der Waals surface area contributed by atoms with Crippen molar-refractivity contribution in [3.8, 4) is 11.5 Å². The Balaban J connectivity index is 2.53. The summed E-state index contributed by atoms with van der Waals surface area (Å²) in [6, 6.07) is 5.55. The maximum Gasteiger partial charge on any atom is 0.303 e. The van der Waals surface area contributed by atoms with E-state index in [1.165, 1.54) is 0 Å². The van der Waals surface area contributed by atoms with E-state index in [2.05, 4.69) is 0 Å². The summed E-state index contributed by atoms with van der Waals surface area (Å²) in [6.45, 7) is 0.945. The highest BCUT2D eigenvalue weighted by Crippen LogP contribution is 2.25. The Morgan fingerprint density at radius 2 is 2.22 bits per heavy atom. The average Bonchev–Trinajstić information content (AvgIpc) is 2.36. The van der Waals surface area contributed by atoms with E-state index in [0.29, 0.717) is 25.3 Å². The standard InChI is InChI=1S/C13H19NO4/c1-17-12-9-11(5-4-10(12)6-7-14)18-8-2-3-13(15)16/h4-5,9H,2-3,6-8,14H2,1H3,(H,15,16). The summed E-state index contributed by atoms with van der Waals surface area (Å²) < 4.78 is 10.7. The quantitative estimate of drug-likeness (QED) is 0.685. The SMILES string of the molecule is COc1cc(OCCCC(=O)O)ccc1CCN. The largest absolute Gasteiger partial charge is 0.496 e.